The van der Waals surface area contributed by atoms with Gasteiger partial charge in [-0.25, -0.2) is 0 Å². The molecular formula is C15H25NO4. The number of rotatable bonds is 7. The predicted molar refractivity (Wildman–Crippen MR) is 74.9 cm³/mol. The van der Waals surface area contributed by atoms with Crippen molar-refractivity contribution >= 4 is 17.8 Å². The lowest BCUT2D eigenvalue weighted by Gasteiger charge is -2.30. The zero-order chi connectivity index (χ0) is 15.5. The Morgan fingerprint density at radius 1 is 1.20 bits per heavy atom. The first-order chi connectivity index (χ1) is 9.18. The lowest BCUT2D eigenvalue weighted by molar-refractivity contribution is -0.143. The number of imide groups is 1. The van der Waals surface area contributed by atoms with Crippen molar-refractivity contribution in [3.05, 3.63) is 0 Å². The molecule has 114 valence electrons. The molecule has 0 bridgehead atoms. The van der Waals surface area contributed by atoms with Gasteiger partial charge in [-0.1, -0.05) is 27.7 Å². The fraction of sp³-hybridized carbons (Fsp3) is 0.800. The molecule has 2 amide bonds. The number of nitrogens with zero attached hydrogens (tertiary/aromatic N) is 1. The normalized spacial score (nSPS) is 18.4. The topological polar surface area (TPSA) is 74.7 Å². The Balaban J connectivity index is 2.93. The maximum atomic E-state index is 12.6. The summed E-state index contributed by atoms with van der Waals surface area (Å²) in [5, 5.41) is 8.72. The molecule has 1 saturated heterocycles. The van der Waals surface area contributed by atoms with E-state index in [0.29, 0.717) is 24.7 Å². The highest BCUT2D eigenvalue weighted by Gasteiger charge is 2.51. The standard InChI is InChI=1S/C15H25NO4/c1-10(2)7-15(8-11(3)4)9-12(17)16(14(15)20)6-5-13(18)19/h10-11H,5-9H2,1-4H3,(H,18,19). The van der Waals surface area contributed by atoms with Gasteiger partial charge in [0, 0.05) is 13.0 Å². The van der Waals surface area contributed by atoms with E-state index in [1.54, 1.807) is 0 Å². The average molecular weight is 283 g/mol. The summed E-state index contributed by atoms with van der Waals surface area (Å²) in [6.45, 7) is 8.16. The number of carboxylic acid groups (broad SMARTS) is 1. The Morgan fingerprint density at radius 2 is 1.70 bits per heavy atom. The highest BCUT2D eigenvalue weighted by molar-refractivity contribution is 6.06. The van der Waals surface area contributed by atoms with Crippen molar-refractivity contribution in [2.75, 3.05) is 6.54 Å². The first-order valence-electron chi connectivity index (χ1n) is 7.24. The molecule has 5 heteroatoms. The summed E-state index contributed by atoms with van der Waals surface area (Å²) in [6, 6.07) is 0. The van der Waals surface area contributed by atoms with Crippen molar-refractivity contribution in [1.29, 1.82) is 0 Å². The molecule has 0 aromatic heterocycles. The largest absolute Gasteiger partial charge is 0.481 e. The van der Waals surface area contributed by atoms with Crippen LogP contribution < -0.4 is 0 Å². The fourth-order valence-corrected chi connectivity index (χ4v) is 3.26. The van der Waals surface area contributed by atoms with Crippen LogP contribution in [0.25, 0.3) is 0 Å². The van der Waals surface area contributed by atoms with Crippen molar-refractivity contribution in [3.8, 4) is 0 Å². The van der Waals surface area contributed by atoms with Crippen LogP contribution >= 0.6 is 0 Å². The SMILES string of the molecule is CC(C)CC1(CC(C)C)CC(=O)N(CCC(=O)O)C1=O. The van der Waals surface area contributed by atoms with Gasteiger partial charge in [-0.3, -0.25) is 19.3 Å². The van der Waals surface area contributed by atoms with E-state index in [2.05, 4.69) is 0 Å². The van der Waals surface area contributed by atoms with Crippen molar-refractivity contribution < 1.29 is 19.5 Å². The fourth-order valence-electron chi connectivity index (χ4n) is 3.26. The van der Waals surface area contributed by atoms with Crippen LogP contribution in [0.1, 0.15) is 53.4 Å². The highest BCUT2D eigenvalue weighted by Crippen LogP contribution is 2.43. The second-order valence-electron chi connectivity index (χ2n) is 6.65. The Hall–Kier alpha value is -1.39. The monoisotopic (exact) mass is 283 g/mol. The molecule has 0 aromatic rings. The minimum Gasteiger partial charge on any atom is -0.481 e. The van der Waals surface area contributed by atoms with Crippen molar-refractivity contribution in [3.63, 3.8) is 0 Å². The summed E-state index contributed by atoms with van der Waals surface area (Å²) >= 11 is 0. The van der Waals surface area contributed by atoms with Crippen LogP contribution in [0.15, 0.2) is 0 Å². The van der Waals surface area contributed by atoms with Crippen LogP contribution in [0.5, 0.6) is 0 Å². The van der Waals surface area contributed by atoms with Gasteiger partial charge in [-0.15, -0.1) is 0 Å². The molecule has 1 aliphatic rings. The van der Waals surface area contributed by atoms with Gasteiger partial charge in [0.05, 0.1) is 11.8 Å². The van der Waals surface area contributed by atoms with Gasteiger partial charge in [0.25, 0.3) is 0 Å². The highest BCUT2D eigenvalue weighted by atomic mass is 16.4. The Bertz CT molecular complexity index is 391. The van der Waals surface area contributed by atoms with E-state index in [0.717, 1.165) is 4.90 Å². The van der Waals surface area contributed by atoms with Gasteiger partial charge in [0.15, 0.2) is 0 Å². The summed E-state index contributed by atoms with van der Waals surface area (Å²) in [7, 11) is 0. The van der Waals surface area contributed by atoms with Crippen LogP contribution in [-0.4, -0.2) is 34.3 Å². The molecule has 0 aromatic carbocycles. The van der Waals surface area contributed by atoms with Crippen LogP contribution in [0.4, 0.5) is 0 Å². The summed E-state index contributed by atoms with van der Waals surface area (Å²) in [5.41, 5.74) is -0.627. The Morgan fingerprint density at radius 3 is 2.10 bits per heavy atom. The number of aliphatic carboxylic acids is 1. The molecule has 0 saturated carbocycles. The van der Waals surface area contributed by atoms with Gasteiger partial charge < -0.3 is 5.11 Å². The smallest absolute Gasteiger partial charge is 0.305 e. The minimum atomic E-state index is -0.990. The molecule has 1 aliphatic heterocycles. The summed E-state index contributed by atoms with van der Waals surface area (Å²) < 4.78 is 0. The third kappa shape index (κ3) is 3.81. The second-order valence-corrected chi connectivity index (χ2v) is 6.65. The van der Waals surface area contributed by atoms with E-state index < -0.39 is 11.4 Å². The van der Waals surface area contributed by atoms with Crippen molar-refractivity contribution in [2.24, 2.45) is 17.3 Å². The third-order valence-electron chi connectivity index (χ3n) is 3.64. The van der Waals surface area contributed by atoms with E-state index in [-0.39, 0.29) is 31.2 Å². The molecule has 1 fully saturated rings. The van der Waals surface area contributed by atoms with E-state index in [1.165, 1.54) is 0 Å². The zero-order valence-electron chi connectivity index (χ0n) is 12.8. The first kappa shape index (κ1) is 16.7. The van der Waals surface area contributed by atoms with Gasteiger partial charge in [0.2, 0.25) is 11.8 Å². The second kappa shape index (κ2) is 6.37. The van der Waals surface area contributed by atoms with E-state index >= 15 is 0 Å². The Labute approximate surface area is 120 Å². The Kier molecular flexibility index (Phi) is 5.31. The molecular weight excluding hydrogens is 258 g/mol. The quantitative estimate of drug-likeness (QED) is 0.727. The first-order valence-corrected chi connectivity index (χ1v) is 7.24. The number of carbonyl (C=O) groups excluding carboxylic acids is 2. The molecule has 1 N–H and O–H groups in total. The maximum Gasteiger partial charge on any atom is 0.305 e. The molecule has 0 aliphatic carbocycles. The third-order valence-corrected chi connectivity index (χ3v) is 3.64. The summed E-state index contributed by atoms with van der Waals surface area (Å²) in [4.78, 5) is 36.5. The van der Waals surface area contributed by atoms with Crippen LogP contribution in [0, 0.1) is 17.3 Å². The van der Waals surface area contributed by atoms with E-state index in [4.69, 9.17) is 5.11 Å². The maximum absolute atomic E-state index is 12.6. The minimum absolute atomic E-state index is 0.00899. The molecule has 1 rings (SSSR count). The van der Waals surface area contributed by atoms with E-state index in [9.17, 15) is 14.4 Å². The van der Waals surface area contributed by atoms with Crippen molar-refractivity contribution in [1.82, 2.24) is 4.90 Å². The lowest BCUT2D eigenvalue weighted by Crippen LogP contribution is -2.38. The molecule has 20 heavy (non-hydrogen) atoms. The molecule has 0 spiro atoms. The molecule has 5 nitrogen and oxygen atoms in total. The summed E-state index contributed by atoms with van der Waals surface area (Å²) in [6.07, 6.45) is 1.40. The molecule has 1 heterocycles. The van der Waals surface area contributed by atoms with Crippen LogP contribution in [0.2, 0.25) is 0 Å². The van der Waals surface area contributed by atoms with Crippen molar-refractivity contribution in [2.45, 2.75) is 53.4 Å². The van der Waals surface area contributed by atoms with Gasteiger partial charge in [0.1, 0.15) is 0 Å². The predicted octanol–water partition coefficient (Wildman–Crippen LogP) is 2.30. The molecule has 0 radical (unpaired) electrons. The number of amides is 2. The van der Waals surface area contributed by atoms with Gasteiger partial charge in [-0.05, 0) is 24.7 Å². The molecule has 0 unspecified atom stereocenters. The van der Waals surface area contributed by atoms with E-state index in [1.807, 2.05) is 27.7 Å². The van der Waals surface area contributed by atoms with Crippen LogP contribution in [0.3, 0.4) is 0 Å². The number of carbonyl (C=O) groups is 3. The number of likely N-dealkylation sites (tertiary alicyclic amines) is 1. The zero-order valence-corrected chi connectivity index (χ0v) is 12.8. The number of hydrogen-bond donors (Lipinski definition) is 1. The van der Waals surface area contributed by atoms with Crippen LogP contribution in [-0.2, 0) is 14.4 Å². The van der Waals surface area contributed by atoms with Gasteiger partial charge >= 0.3 is 5.97 Å². The number of hydrogen-bond acceptors (Lipinski definition) is 3. The summed E-state index contributed by atoms with van der Waals surface area (Å²) in [5.74, 6) is -0.741. The van der Waals surface area contributed by atoms with Gasteiger partial charge in [-0.2, -0.15) is 0 Å². The average Bonchev–Trinajstić information content (AvgIpc) is 2.46. The lowest BCUT2D eigenvalue weighted by atomic mass is 9.73. The number of carboxylic acids is 1. The molecule has 0 atom stereocenters.